The van der Waals surface area contributed by atoms with E-state index in [9.17, 15) is 4.79 Å². The van der Waals surface area contributed by atoms with Crippen LogP contribution < -0.4 is 5.73 Å². The molecule has 0 aliphatic carbocycles. The third-order valence-corrected chi connectivity index (χ3v) is 2.32. The number of carbonyl (C=O) groups is 1. The Labute approximate surface area is 61.2 Å². The van der Waals surface area contributed by atoms with Crippen LogP contribution in [0.25, 0.3) is 0 Å². The Morgan fingerprint density at radius 2 is 2.00 bits per heavy atom. The third kappa shape index (κ3) is 1.90. The number of amides is 1. The number of primary amides is 1. The summed E-state index contributed by atoms with van der Waals surface area (Å²) in [6, 6.07) is 0. The van der Waals surface area contributed by atoms with Crippen molar-refractivity contribution in [3.05, 3.63) is 0 Å². The monoisotopic (exact) mass is 147 g/mol. The lowest BCUT2D eigenvalue weighted by Crippen LogP contribution is -2.37. The first-order chi connectivity index (χ1) is 3.89. The fourth-order valence-electron chi connectivity index (χ4n) is 0.206. The highest BCUT2D eigenvalue weighted by molar-refractivity contribution is 7.81. The zero-order valence-electron chi connectivity index (χ0n) is 6.01. The van der Waals surface area contributed by atoms with Gasteiger partial charge in [0.15, 0.2) is 0 Å². The molecule has 0 aromatic rings. The summed E-state index contributed by atoms with van der Waals surface area (Å²) in [6.45, 7) is 5.42. The lowest BCUT2D eigenvalue weighted by atomic mass is 9.89. The molecule has 9 heavy (non-hydrogen) atoms. The first-order valence-electron chi connectivity index (χ1n) is 2.87. The van der Waals surface area contributed by atoms with Gasteiger partial charge in [-0.1, -0.05) is 6.92 Å². The van der Waals surface area contributed by atoms with Crippen LogP contribution in [0.15, 0.2) is 0 Å². The van der Waals surface area contributed by atoms with Crippen molar-refractivity contribution in [3.8, 4) is 0 Å². The maximum atomic E-state index is 10.6. The van der Waals surface area contributed by atoms with Crippen LogP contribution in [0.4, 0.5) is 0 Å². The molecular formula is C6H13NOS. The number of nitrogens with two attached hydrogens (primary N) is 1. The third-order valence-electron chi connectivity index (χ3n) is 1.68. The van der Waals surface area contributed by atoms with Crippen LogP contribution in [0.2, 0.25) is 0 Å². The Bertz CT molecular complexity index is 120. The molecule has 1 unspecified atom stereocenters. The Hall–Kier alpha value is -0.180. The van der Waals surface area contributed by atoms with Crippen LogP contribution in [-0.4, -0.2) is 11.2 Å². The van der Waals surface area contributed by atoms with Crippen LogP contribution in [0.1, 0.15) is 20.8 Å². The average Bonchev–Trinajstić information content (AvgIpc) is 1.65. The van der Waals surface area contributed by atoms with E-state index in [-0.39, 0.29) is 11.2 Å². The van der Waals surface area contributed by atoms with E-state index in [1.54, 1.807) is 13.8 Å². The van der Waals surface area contributed by atoms with Gasteiger partial charge in [-0.2, -0.15) is 12.6 Å². The maximum absolute atomic E-state index is 10.6. The SMILES string of the molecule is CC(S)C(C)(C)C(N)=O. The molecule has 0 aliphatic heterocycles. The molecular weight excluding hydrogens is 134 g/mol. The molecule has 3 heteroatoms. The maximum Gasteiger partial charge on any atom is 0.224 e. The van der Waals surface area contributed by atoms with Gasteiger partial charge in [0.2, 0.25) is 5.91 Å². The quantitative estimate of drug-likeness (QED) is 0.558. The summed E-state index contributed by atoms with van der Waals surface area (Å²) in [4.78, 5) is 10.6. The second kappa shape index (κ2) is 2.60. The zero-order valence-corrected chi connectivity index (χ0v) is 6.90. The highest BCUT2D eigenvalue weighted by Gasteiger charge is 2.29. The molecule has 0 aromatic carbocycles. The number of thiol groups is 1. The van der Waals surface area contributed by atoms with E-state index in [1.807, 2.05) is 6.92 Å². The van der Waals surface area contributed by atoms with Gasteiger partial charge >= 0.3 is 0 Å². The van der Waals surface area contributed by atoms with E-state index in [2.05, 4.69) is 12.6 Å². The van der Waals surface area contributed by atoms with Crippen LogP contribution >= 0.6 is 12.6 Å². The van der Waals surface area contributed by atoms with Crippen molar-refractivity contribution in [1.82, 2.24) is 0 Å². The van der Waals surface area contributed by atoms with E-state index >= 15 is 0 Å². The minimum atomic E-state index is -0.497. The summed E-state index contributed by atoms with van der Waals surface area (Å²) in [7, 11) is 0. The molecule has 0 saturated carbocycles. The Morgan fingerprint density at radius 1 is 1.67 bits per heavy atom. The van der Waals surface area contributed by atoms with Gasteiger partial charge in [-0.15, -0.1) is 0 Å². The lowest BCUT2D eigenvalue weighted by molar-refractivity contribution is -0.125. The molecule has 1 atom stereocenters. The topological polar surface area (TPSA) is 43.1 Å². The molecule has 2 nitrogen and oxygen atoms in total. The number of carbonyl (C=O) groups excluding carboxylic acids is 1. The summed E-state index contributed by atoms with van der Waals surface area (Å²) >= 11 is 4.12. The smallest absolute Gasteiger partial charge is 0.224 e. The predicted molar refractivity (Wildman–Crippen MR) is 41.4 cm³/mol. The lowest BCUT2D eigenvalue weighted by Gasteiger charge is -2.23. The number of hydrogen-bond donors (Lipinski definition) is 2. The summed E-state index contributed by atoms with van der Waals surface area (Å²) in [5.74, 6) is -0.301. The fourth-order valence-corrected chi connectivity index (χ4v) is 0.333. The van der Waals surface area contributed by atoms with Crippen LogP contribution in [0.5, 0.6) is 0 Å². The minimum Gasteiger partial charge on any atom is -0.369 e. The largest absolute Gasteiger partial charge is 0.369 e. The van der Waals surface area contributed by atoms with Gasteiger partial charge in [0, 0.05) is 5.25 Å². The van der Waals surface area contributed by atoms with Gasteiger partial charge in [-0.25, -0.2) is 0 Å². The van der Waals surface area contributed by atoms with E-state index in [1.165, 1.54) is 0 Å². The highest BCUT2D eigenvalue weighted by Crippen LogP contribution is 2.23. The molecule has 2 N–H and O–H groups in total. The molecule has 0 saturated heterocycles. The summed E-state index contributed by atoms with van der Waals surface area (Å²) in [5.41, 5.74) is 4.59. The van der Waals surface area contributed by atoms with Gasteiger partial charge in [-0.05, 0) is 13.8 Å². The van der Waals surface area contributed by atoms with Crippen molar-refractivity contribution in [2.75, 3.05) is 0 Å². The Morgan fingerprint density at radius 3 is 2.00 bits per heavy atom. The summed E-state index contributed by atoms with van der Waals surface area (Å²) in [5, 5.41) is 0.00926. The molecule has 0 radical (unpaired) electrons. The first kappa shape index (κ1) is 8.82. The molecule has 0 aliphatic rings. The molecule has 0 spiro atoms. The molecule has 0 fully saturated rings. The van der Waals surface area contributed by atoms with Crippen molar-refractivity contribution < 1.29 is 4.79 Å². The van der Waals surface area contributed by atoms with Gasteiger partial charge in [-0.3, -0.25) is 4.79 Å². The Kier molecular flexibility index (Phi) is 2.55. The second-order valence-electron chi connectivity index (χ2n) is 2.76. The summed E-state index contributed by atoms with van der Waals surface area (Å²) < 4.78 is 0. The first-order valence-corrected chi connectivity index (χ1v) is 3.38. The van der Waals surface area contributed by atoms with E-state index in [0.29, 0.717) is 0 Å². The van der Waals surface area contributed by atoms with E-state index in [0.717, 1.165) is 0 Å². The van der Waals surface area contributed by atoms with Crippen LogP contribution in [-0.2, 0) is 4.79 Å². The number of hydrogen-bond acceptors (Lipinski definition) is 2. The van der Waals surface area contributed by atoms with Crippen molar-refractivity contribution in [3.63, 3.8) is 0 Å². The molecule has 0 heterocycles. The van der Waals surface area contributed by atoms with Crippen LogP contribution in [0, 0.1) is 5.41 Å². The standard InChI is InChI=1S/C6H13NOS/c1-4(9)6(2,3)5(7)8/h4,9H,1-3H3,(H2,7,8). The fraction of sp³-hybridized carbons (Fsp3) is 0.833. The number of rotatable bonds is 2. The minimum absolute atomic E-state index is 0.00926. The van der Waals surface area contributed by atoms with Crippen molar-refractivity contribution in [1.29, 1.82) is 0 Å². The van der Waals surface area contributed by atoms with E-state index < -0.39 is 5.41 Å². The average molecular weight is 147 g/mol. The van der Waals surface area contributed by atoms with Gasteiger partial charge < -0.3 is 5.73 Å². The summed E-state index contributed by atoms with van der Waals surface area (Å²) in [6.07, 6.45) is 0. The van der Waals surface area contributed by atoms with Crippen molar-refractivity contribution >= 4 is 18.5 Å². The Balaban J connectivity index is 4.19. The molecule has 0 aromatic heterocycles. The van der Waals surface area contributed by atoms with E-state index in [4.69, 9.17) is 5.73 Å². The molecule has 1 amide bonds. The highest BCUT2D eigenvalue weighted by atomic mass is 32.1. The van der Waals surface area contributed by atoms with Gasteiger partial charge in [0.25, 0.3) is 0 Å². The van der Waals surface area contributed by atoms with Gasteiger partial charge in [0.05, 0.1) is 5.41 Å². The zero-order chi connectivity index (χ0) is 7.65. The molecule has 54 valence electrons. The molecule has 0 rings (SSSR count). The van der Waals surface area contributed by atoms with Crippen molar-refractivity contribution in [2.24, 2.45) is 11.1 Å². The van der Waals surface area contributed by atoms with Gasteiger partial charge in [0.1, 0.15) is 0 Å². The van der Waals surface area contributed by atoms with Crippen LogP contribution in [0.3, 0.4) is 0 Å². The van der Waals surface area contributed by atoms with Crippen molar-refractivity contribution in [2.45, 2.75) is 26.0 Å². The predicted octanol–water partition coefficient (Wildman–Crippen LogP) is 0.816. The normalized spacial score (nSPS) is 15.1. The second-order valence-corrected chi connectivity index (χ2v) is 3.54. The molecule has 0 bridgehead atoms.